The average Bonchev–Trinajstić information content (AvgIpc) is 2.83. The molecule has 0 radical (unpaired) electrons. The summed E-state index contributed by atoms with van der Waals surface area (Å²) in [7, 11) is 0. The van der Waals surface area contributed by atoms with Crippen LogP contribution in [0.25, 0.3) is 0 Å². The molecule has 0 spiro atoms. The summed E-state index contributed by atoms with van der Waals surface area (Å²) >= 11 is 0. The van der Waals surface area contributed by atoms with Crippen LogP contribution in [0.3, 0.4) is 0 Å². The maximum absolute atomic E-state index is 12.2. The van der Waals surface area contributed by atoms with Gasteiger partial charge in [0.05, 0.1) is 11.1 Å². The van der Waals surface area contributed by atoms with E-state index in [1.54, 1.807) is 9.80 Å². The molecule has 2 aromatic carbocycles. The van der Waals surface area contributed by atoms with Crippen LogP contribution in [-0.4, -0.2) is 80.3 Å². The van der Waals surface area contributed by atoms with E-state index in [1.165, 1.54) is 48.5 Å². The topological polar surface area (TPSA) is 156 Å². The highest BCUT2D eigenvalue weighted by molar-refractivity contribution is 5.88. The number of carbonyl (C=O) groups is 4. The predicted molar refractivity (Wildman–Crippen MR) is 131 cm³/mol. The monoisotopic (exact) mass is 500 g/mol. The fourth-order valence-electron chi connectivity index (χ4n) is 4.21. The molecular formula is C26H32N2O8. The molecule has 10 nitrogen and oxygen atoms in total. The number of aliphatic carboxylic acids is 2. The van der Waals surface area contributed by atoms with Gasteiger partial charge in [0.25, 0.3) is 0 Å². The van der Waals surface area contributed by atoms with Crippen molar-refractivity contribution >= 4 is 23.9 Å². The molecule has 4 N–H and O–H groups in total. The lowest BCUT2D eigenvalue weighted by atomic mass is 10.0. The summed E-state index contributed by atoms with van der Waals surface area (Å²) < 4.78 is 0. The Labute approximate surface area is 209 Å². The summed E-state index contributed by atoms with van der Waals surface area (Å²) in [5.41, 5.74) is 0.971. The summed E-state index contributed by atoms with van der Waals surface area (Å²) in [6.07, 6.45) is 1.31. The molecule has 2 rings (SSSR count). The smallest absolute Gasteiger partial charge is 0.335 e. The lowest BCUT2D eigenvalue weighted by Gasteiger charge is -2.34. The van der Waals surface area contributed by atoms with Gasteiger partial charge in [-0.15, -0.1) is 0 Å². The zero-order valence-corrected chi connectivity index (χ0v) is 20.3. The third kappa shape index (κ3) is 7.37. The predicted octanol–water partition coefficient (Wildman–Crippen LogP) is 3.46. The van der Waals surface area contributed by atoms with Gasteiger partial charge in [-0.25, -0.2) is 9.59 Å². The van der Waals surface area contributed by atoms with Gasteiger partial charge in [-0.3, -0.25) is 19.4 Å². The molecule has 0 fully saturated rings. The molecule has 0 amide bonds. The number of carboxylic acid groups (broad SMARTS) is 4. The summed E-state index contributed by atoms with van der Waals surface area (Å²) in [6, 6.07) is 9.33. The maximum atomic E-state index is 12.2. The van der Waals surface area contributed by atoms with Crippen LogP contribution >= 0.6 is 0 Å². The second kappa shape index (κ2) is 13.4. The molecule has 0 aliphatic heterocycles. The Morgan fingerprint density at radius 2 is 0.889 bits per heavy atom. The van der Waals surface area contributed by atoms with E-state index >= 15 is 0 Å². The lowest BCUT2D eigenvalue weighted by Crippen LogP contribution is -2.43. The van der Waals surface area contributed by atoms with E-state index in [1.807, 2.05) is 13.8 Å². The van der Waals surface area contributed by atoms with Crippen LogP contribution in [0, 0.1) is 0 Å². The third-order valence-electron chi connectivity index (χ3n) is 5.84. The molecule has 10 heteroatoms. The van der Waals surface area contributed by atoms with Crippen molar-refractivity contribution in [2.24, 2.45) is 0 Å². The van der Waals surface area contributed by atoms with Crippen LogP contribution < -0.4 is 0 Å². The minimum atomic E-state index is -1.11. The van der Waals surface area contributed by atoms with Crippen LogP contribution in [0.4, 0.5) is 0 Å². The van der Waals surface area contributed by atoms with Crippen molar-refractivity contribution in [1.29, 1.82) is 0 Å². The van der Waals surface area contributed by atoms with Crippen LogP contribution in [-0.2, 0) is 9.59 Å². The normalized spacial score (nSPS) is 12.9. The molecule has 0 aromatic heterocycles. The van der Waals surface area contributed by atoms with Gasteiger partial charge in [-0.05, 0) is 61.3 Å². The van der Waals surface area contributed by atoms with Crippen molar-refractivity contribution in [3.05, 3.63) is 70.8 Å². The van der Waals surface area contributed by atoms with E-state index in [-0.39, 0.29) is 24.2 Å². The van der Waals surface area contributed by atoms with Crippen molar-refractivity contribution in [3.8, 4) is 0 Å². The molecule has 2 aromatic rings. The van der Waals surface area contributed by atoms with Gasteiger partial charge >= 0.3 is 23.9 Å². The first-order valence-electron chi connectivity index (χ1n) is 11.7. The molecule has 0 aliphatic rings. The average molecular weight is 501 g/mol. The number of benzene rings is 2. The molecule has 2 atom stereocenters. The standard InChI is InChI=1S/C26H32N2O8/c1-3-13-27(21(25(33)34)17-5-9-19(10-6-17)23(29)30)15-16-28(14-4-2)22(26(35)36)18-7-11-20(12-8-18)24(31)32/h5-12,21-22H,3-4,13-16H2,1-2H3,(H,29,30)(H,31,32)(H,33,34)(H,35,36)/t21-,22-/m0/s1. The zero-order chi connectivity index (χ0) is 26.8. The lowest BCUT2D eigenvalue weighted by molar-refractivity contribution is -0.146. The van der Waals surface area contributed by atoms with Crippen molar-refractivity contribution in [2.45, 2.75) is 38.8 Å². The Hall–Kier alpha value is -3.76. The minimum absolute atomic E-state index is 0.0530. The first-order chi connectivity index (χ1) is 17.1. The number of hydrogen-bond donors (Lipinski definition) is 4. The first kappa shape index (κ1) is 28.5. The Morgan fingerprint density at radius 1 is 0.583 bits per heavy atom. The van der Waals surface area contributed by atoms with Crippen LogP contribution in [0.2, 0.25) is 0 Å². The minimum Gasteiger partial charge on any atom is -0.480 e. The van der Waals surface area contributed by atoms with E-state index in [0.29, 0.717) is 37.1 Å². The molecule has 0 aliphatic carbocycles. The summed E-state index contributed by atoms with van der Waals surface area (Å²) in [5.74, 6) is -4.39. The van der Waals surface area contributed by atoms with Gasteiger partial charge in [-0.2, -0.15) is 0 Å². The highest BCUT2D eigenvalue weighted by atomic mass is 16.4. The van der Waals surface area contributed by atoms with E-state index in [9.17, 15) is 29.4 Å². The van der Waals surface area contributed by atoms with Crippen LogP contribution in [0.5, 0.6) is 0 Å². The Bertz CT molecular complexity index is 967. The number of hydrogen-bond acceptors (Lipinski definition) is 6. The molecule has 194 valence electrons. The quantitative estimate of drug-likeness (QED) is 0.286. The highest BCUT2D eigenvalue weighted by Gasteiger charge is 2.31. The highest BCUT2D eigenvalue weighted by Crippen LogP contribution is 2.25. The molecule has 0 bridgehead atoms. The van der Waals surface area contributed by atoms with Gasteiger partial charge in [0.1, 0.15) is 12.1 Å². The fraction of sp³-hybridized carbons (Fsp3) is 0.385. The van der Waals surface area contributed by atoms with Crippen molar-refractivity contribution < 1.29 is 39.6 Å². The van der Waals surface area contributed by atoms with Crippen LogP contribution in [0.15, 0.2) is 48.5 Å². The second-order valence-corrected chi connectivity index (χ2v) is 8.41. The van der Waals surface area contributed by atoms with Gasteiger partial charge in [0.15, 0.2) is 0 Å². The second-order valence-electron chi connectivity index (χ2n) is 8.41. The van der Waals surface area contributed by atoms with E-state index in [0.717, 1.165) is 0 Å². The summed E-state index contributed by atoms with van der Waals surface area (Å²) in [6.45, 7) is 5.19. The molecule has 36 heavy (non-hydrogen) atoms. The Balaban J connectivity index is 2.32. The molecule has 0 heterocycles. The number of rotatable bonds is 15. The van der Waals surface area contributed by atoms with Crippen molar-refractivity contribution in [3.63, 3.8) is 0 Å². The molecule has 0 unspecified atom stereocenters. The summed E-state index contributed by atoms with van der Waals surface area (Å²) in [4.78, 5) is 50.3. The van der Waals surface area contributed by atoms with Crippen molar-refractivity contribution in [2.75, 3.05) is 26.2 Å². The van der Waals surface area contributed by atoms with E-state index in [2.05, 4.69) is 0 Å². The van der Waals surface area contributed by atoms with Gasteiger partial charge in [0, 0.05) is 13.1 Å². The molecule has 0 saturated carbocycles. The van der Waals surface area contributed by atoms with E-state index in [4.69, 9.17) is 10.2 Å². The third-order valence-corrected chi connectivity index (χ3v) is 5.84. The van der Waals surface area contributed by atoms with E-state index < -0.39 is 36.0 Å². The first-order valence-corrected chi connectivity index (χ1v) is 11.7. The molecule has 0 saturated heterocycles. The zero-order valence-electron chi connectivity index (χ0n) is 20.3. The van der Waals surface area contributed by atoms with Crippen molar-refractivity contribution in [1.82, 2.24) is 9.80 Å². The summed E-state index contributed by atoms with van der Waals surface area (Å²) in [5, 5.41) is 38.3. The van der Waals surface area contributed by atoms with Crippen LogP contribution in [0.1, 0.15) is 70.6 Å². The van der Waals surface area contributed by atoms with Gasteiger partial charge in [-0.1, -0.05) is 38.1 Å². The maximum Gasteiger partial charge on any atom is 0.335 e. The fourth-order valence-corrected chi connectivity index (χ4v) is 4.21. The number of aromatic carboxylic acids is 2. The van der Waals surface area contributed by atoms with Gasteiger partial charge in [0.2, 0.25) is 0 Å². The molecular weight excluding hydrogens is 468 g/mol. The van der Waals surface area contributed by atoms with Gasteiger partial charge < -0.3 is 20.4 Å². The number of carboxylic acids is 4. The largest absolute Gasteiger partial charge is 0.480 e. The Kier molecular flexibility index (Phi) is 10.6. The number of nitrogens with zero attached hydrogens (tertiary/aromatic N) is 2. The SMILES string of the molecule is CCCN(CCN(CCC)[C@H](C(=O)O)c1ccc(C(=O)O)cc1)[C@H](C(=O)O)c1ccc(C(=O)O)cc1. The Morgan fingerprint density at radius 3 is 1.11 bits per heavy atom.